The fourth-order valence-corrected chi connectivity index (χ4v) is 5.07. The highest BCUT2D eigenvalue weighted by Gasteiger charge is 2.46. The molecular weight excluding hydrogens is 348 g/mol. The Labute approximate surface area is 171 Å². The van der Waals surface area contributed by atoms with Gasteiger partial charge in [0.1, 0.15) is 0 Å². The molecule has 0 heteroatoms. The molecule has 0 spiro atoms. The van der Waals surface area contributed by atoms with Crippen LogP contribution in [0.25, 0.3) is 21.9 Å². The second-order valence-electron chi connectivity index (χ2n) is 7.58. The highest BCUT2D eigenvalue weighted by molar-refractivity contribution is 5.99. The Morgan fingerprint density at radius 2 is 1.21 bits per heavy atom. The summed E-state index contributed by atoms with van der Waals surface area (Å²) in [6.07, 6.45) is 0. The fourth-order valence-electron chi connectivity index (χ4n) is 5.07. The van der Waals surface area contributed by atoms with Gasteiger partial charge in [-0.15, -0.1) is 0 Å². The third-order valence-corrected chi connectivity index (χ3v) is 6.19. The third-order valence-electron chi connectivity index (χ3n) is 6.19. The molecule has 0 saturated heterocycles. The van der Waals surface area contributed by atoms with Gasteiger partial charge in [-0.25, -0.2) is 0 Å². The summed E-state index contributed by atoms with van der Waals surface area (Å²) in [7, 11) is 0. The maximum atomic E-state index is 3.46. The van der Waals surface area contributed by atoms with Crippen molar-refractivity contribution in [2.24, 2.45) is 0 Å². The van der Waals surface area contributed by atoms with Crippen LogP contribution in [-0.4, -0.2) is 0 Å². The van der Waals surface area contributed by atoms with Crippen LogP contribution in [0.2, 0.25) is 0 Å². The van der Waals surface area contributed by atoms with Crippen molar-refractivity contribution < 1.29 is 0 Å². The minimum Gasteiger partial charge on any atom is -0.0696 e. The molecule has 1 aliphatic rings. The quantitative estimate of drug-likeness (QED) is 0.316. The molecule has 6 rings (SSSR count). The molecule has 0 aliphatic heterocycles. The van der Waals surface area contributed by atoms with Gasteiger partial charge in [0.2, 0.25) is 0 Å². The number of fused-ring (bicyclic) bond motifs is 5. The summed E-state index contributed by atoms with van der Waals surface area (Å²) in [6.45, 7) is 0. The number of benzene rings is 4. The summed E-state index contributed by atoms with van der Waals surface area (Å²) < 4.78 is 0. The zero-order valence-corrected chi connectivity index (χ0v) is 15.9. The van der Waals surface area contributed by atoms with E-state index in [2.05, 4.69) is 115 Å². The second-order valence-corrected chi connectivity index (χ2v) is 7.58. The normalized spacial score (nSPS) is 13.5. The largest absolute Gasteiger partial charge is 0.0725 e. The zero-order chi connectivity index (χ0) is 19.3. The molecule has 0 atom stereocenters. The lowest BCUT2D eigenvalue weighted by molar-refractivity contribution is 0.775. The molecule has 0 radical (unpaired) electrons. The van der Waals surface area contributed by atoms with Crippen LogP contribution in [0, 0.1) is 12.1 Å². The smallest absolute Gasteiger partial charge is 0.0696 e. The monoisotopic (exact) mass is 366 g/mol. The Morgan fingerprint density at radius 1 is 0.552 bits per heavy atom. The molecule has 5 aromatic rings. The van der Waals surface area contributed by atoms with Crippen LogP contribution in [-0.2, 0) is 5.41 Å². The predicted molar refractivity (Wildman–Crippen MR) is 119 cm³/mol. The van der Waals surface area contributed by atoms with Crippen molar-refractivity contribution in [2.45, 2.75) is 5.41 Å². The van der Waals surface area contributed by atoms with Gasteiger partial charge in [0.15, 0.2) is 0 Å². The lowest BCUT2D eigenvalue weighted by Gasteiger charge is -2.34. The van der Waals surface area contributed by atoms with Gasteiger partial charge in [-0.05, 0) is 50.9 Å². The molecule has 0 aromatic heterocycles. The van der Waals surface area contributed by atoms with Crippen LogP contribution in [0.4, 0.5) is 0 Å². The van der Waals surface area contributed by atoms with Crippen molar-refractivity contribution in [3.63, 3.8) is 0 Å². The Hall–Kier alpha value is -3.82. The van der Waals surface area contributed by atoms with E-state index in [1.165, 1.54) is 38.8 Å². The van der Waals surface area contributed by atoms with Gasteiger partial charge in [0.05, 0.1) is 5.41 Å². The maximum absolute atomic E-state index is 3.46. The van der Waals surface area contributed by atoms with E-state index >= 15 is 0 Å². The van der Waals surface area contributed by atoms with Crippen molar-refractivity contribution in [2.75, 3.05) is 0 Å². The van der Waals surface area contributed by atoms with Crippen molar-refractivity contribution in [1.29, 1.82) is 0 Å². The first-order valence-corrected chi connectivity index (χ1v) is 9.97. The molecule has 1 aliphatic carbocycles. The fraction of sp³-hybridized carbons (Fsp3) is 0.0345. The lowest BCUT2D eigenvalue weighted by atomic mass is 9.67. The molecule has 0 N–H and O–H groups in total. The van der Waals surface area contributed by atoms with Gasteiger partial charge < -0.3 is 0 Å². The SMILES string of the molecule is c1ccc2ccc3c(c2c#1)C(c1ccccc1)(c1ccccc1)c1ccccc1-3. The van der Waals surface area contributed by atoms with Gasteiger partial charge in [-0.3, -0.25) is 0 Å². The lowest BCUT2D eigenvalue weighted by Crippen LogP contribution is -2.28. The van der Waals surface area contributed by atoms with Crippen molar-refractivity contribution in [3.8, 4) is 11.1 Å². The molecule has 5 aromatic carbocycles. The van der Waals surface area contributed by atoms with Crippen LogP contribution >= 0.6 is 0 Å². The molecule has 0 heterocycles. The first-order chi connectivity index (χ1) is 14.4. The van der Waals surface area contributed by atoms with E-state index in [-0.39, 0.29) is 5.41 Å². The van der Waals surface area contributed by atoms with Gasteiger partial charge in [0, 0.05) is 5.39 Å². The van der Waals surface area contributed by atoms with E-state index in [1.54, 1.807) is 0 Å². The molecule has 0 bridgehead atoms. The molecule has 0 fully saturated rings. The minimum absolute atomic E-state index is 0.375. The van der Waals surface area contributed by atoms with Gasteiger partial charge in [0.25, 0.3) is 0 Å². The maximum Gasteiger partial charge on any atom is 0.0725 e. The molecule has 0 unspecified atom stereocenters. The summed E-state index contributed by atoms with van der Waals surface area (Å²) in [5.41, 5.74) is 7.41. The topological polar surface area (TPSA) is 0 Å². The van der Waals surface area contributed by atoms with Crippen LogP contribution < -0.4 is 0 Å². The van der Waals surface area contributed by atoms with E-state index in [9.17, 15) is 0 Å². The summed E-state index contributed by atoms with van der Waals surface area (Å²) in [5, 5.41) is 2.35. The van der Waals surface area contributed by atoms with Crippen LogP contribution in [0.5, 0.6) is 0 Å². The highest BCUT2D eigenvalue weighted by atomic mass is 14.5. The molecular formula is C29H18. The number of hydrogen-bond acceptors (Lipinski definition) is 0. The Bertz CT molecular complexity index is 1290. The van der Waals surface area contributed by atoms with Crippen molar-refractivity contribution >= 4 is 10.8 Å². The first kappa shape index (κ1) is 16.2. The molecule has 0 saturated carbocycles. The molecule has 134 valence electrons. The van der Waals surface area contributed by atoms with Gasteiger partial charge in [-0.1, -0.05) is 109 Å². The van der Waals surface area contributed by atoms with Crippen molar-refractivity contribution in [1.82, 2.24) is 0 Å². The zero-order valence-electron chi connectivity index (χ0n) is 15.9. The van der Waals surface area contributed by atoms with Crippen LogP contribution in [0.1, 0.15) is 22.3 Å². The molecule has 0 amide bonds. The Kier molecular flexibility index (Phi) is 3.40. The predicted octanol–water partition coefficient (Wildman–Crippen LogP) is 6.80. The van der Waals surface area contributed by atoms with E-state index in [4.69, 9.17) is 0 Å². The summed E-state index contributed by atoms with van der Waals surface area (Å²) in [5.74, 6) is 0. The van der Waals surface area contributed by atoms with E-state index in [0.717, 1.165) is 5.39 Å². The van der Waals surface area contributed by atoms with E-state index in [1.807, 2.05) is 6.07 Å². The van der Waals surface area contributed by atoms with Crippen LogP contribution in [0.3, 0.4) is 0 Å². The van der Waals surface area contributed by atoms with Crippen molar-refractivity contribution in [3.05, 3.63) is 144 Å². The summed E-state index contributed by atoms with van der Waals surface area (Å²) >= 11 is 0. The van der Waals surface area contributed by atoms with E-state index < -0.39 is 0 Å². The Morgan fingerprint density at radius 3 is 1.93 bits per heavy atom. The standard InChI is InChI=1S/C29H18/c1-3-12-22(13-4-1)29(23-14-5-2-6-15-23)27-18-10-9-17-25(27)26-20-19-21-11-7-8-16-24(21)28(26)29/h1-7,9-15,17-20H. The molecule has 29 heavy (non-hydrogen) atoms. The average molecular weight is 366 g/mol. The van der Waals surface area contributed by atoms with Crippen LogP contribution in [0.15, 0.2) is 109 Å². The summed E-state index contributed by atoms with van der Waals surface area (Å²) in [4.78, 5) is 0. The molecule has 0 nitrogen and oxygen atoms in total. The van der Waals surface area contributed by atoms with E-state index in [0.29, 0.717) is 0 Å². The highest BCUT2D eigenvalue weighted by Crippen LogP contribution is 2.57. The number of hydrogen-bond donors (Lipinski definition) is 0. The van der Waals surface area contributed by atoms with Gasteiger partial charge >= 0.3 is 0 Å². The minimum atomic E-state index is -0.375. The second kappa shape index (κ2) is 6.09. The third kappa shape index (κ3) is 2.10. The Balaban J connectivity index is 1.88. The number of rotatable bonds is 2. The average Bonchev–Trinajstić information content (AvgIpc) is 3.12. The first-order valence-electron chi connectivity index (χ1n) is 9.97. The summed E-state index contributed by atoms with van der Waals surface area (Å²) in [6, 6.07) is 45.8. The van der Waals surface area contributed by atoms with Gasteiger partial charge in [-0.2, -0.15) is 0 Å².